The lowest BCUT2D eigenvalue weighted by atomic mass is 9.83. The van der Waals surface area contributed by atoms with Gasteiger partial charge in [-0.1, -0.05) is 49.6 Å². The molecule has 0 spiro atoms. The number of aliphatic hydroxyl groups is 2. The van der Waals surface area contributed by atoms with Crippen LogP contribution in [0.5, 0.6) is 5.75 Å². The number of aliphatic imine (C=N–C) groups is 1. The topological polar surface area (TPSA) is 139 Å². The number of ether oxygens (including phenoxy) is 3. The summed E-state index contributed by atoms with van der Waals surface area (Å²) in [4.78, 5) is 31.9. The van der Waals surface area contributed by atoms with Gasteiger partial charge in [-0.15, -0.1) is 0 Å². The molecule has 234 valence electrons. The summed E-state index contributed by atoms with van der Waals surface area (Å²) in [6.07, 6.45) is 3.97. The van der Waals surface area contributed by atoms with E-state index in [1.807, 2.05) is 30.3 Å². The number of rotatable bonds is 13. The summed E-state index contributed by atoms with van der Waals surface area (Å²) in [5.41, 5.74) is 4.05. The average Bonchev–Trinajstić information content (AvgIpc) is 3.37. The maximum Gasteiger partial charge on any atom is 0.306 e. The maximum absolute atomic E-state index is 14.1. The van der Waals surface area contributed by atoms with Crippen LogP contribution >= 0.6 is 0 Å². The quantitative estimate of drug-likeness (QED) is 0.154. The molecule has 1 saturated carbocycles. The molecule has 10 nitrogen and oxygen atoms in total. The van der Waals surface area contributed by atoms with Crippen molar-refractivity contribution in [2.75, 3.05) is 19.8 Å². The SMILES string of the molecule is CC(C)(C)OC(=O)CC[C@]1(C(=O)NNCC2(O)CCCCC2)N=C(c2ccc(OCCCO)cc2)O[C@H]1c1ccccc1. The zero-order valence-electron chi connectivity index (χ0n) is 25.4. The molecule has 0 saturated heterocycles. The van der Waals surface area contributed by atoms with Crippen LogP contribution in [0.2, 0.25) is 0 Å². The highest BCUT2D eigenvalue weighted by Gasteiger charge is 2.53. The standard InChI is InChI=1S/C33H45N3O7/c1-31(2,3)43-27(38)17-20-33(30(39)36-34-23-32(40)18-8-5-9-19-32)28(24-11-6-4-7-12-24)42-29(35-33)25-13-15-26(16-14-25)41-22-10-21-37/h4,6-7,11-16,28,34,37,40H,5,8-10,17-23H2,1-3H3,(H,36,39)/t28-,33-/m0/s1. The lowest BCUT2D eigenvalue weighted by Gasteiger charge is -2.34. The largest absolute Gasteiger partial charge is 0.494 e. The molecule has 43 heavy (non-hydrogen) atoms. The van der Waals surface area contributed by atoms with Crippen LogP contribution in [-0.4, -0.2) is 64.5 Å². The van der Waals surface area contributed by atoms with Gasteiger partial charge in [0.1, 0.15) is 11.4 Å². The first-order valence-electron chi connectivity index (χ1n) is 15.2. The van der Waals surface area contributed by atoms with Gasteiger partial charge >= 0.3 is 5.97 Å². The summed E-state index contributed by atoms with van der Waals surface area (Å²) < 4.78 is 17.7. The van der Waals surface area contributed by atoms with E-state index < -0.39 is 34.7 Å². The molecule has 10 heteroatoms. The summed E-state index contributed by atoms with van der Waals surface area (Å²) in [7, 11) is 0. The molecule has 0 aromatic heterocycles. The van der Waals surface area contributed by atoms with Crippen molar-refractivity contribution < 1.29 is 34.0 Å². The fourth-order valence-electron chi connectivity index (χ4n) is 5.47. The van der Waals surface area contributed by atoms with Gasteiger partial charge in [0.05, 0.1) is 12.2 Å². The molecular weight excluding hydrogens is 550 g/mol. The second kappa shape index (κ2) is 14.3. The third-order valence-electron chi connectivity index (χ3n) is 7.67. The van der Waals surface area contributed by atoms with E-state index in [1.54, 1.807) is 45.0 Å². The molecule has 0 bridgehead atoms. The number of amides is 1. The Labute approximate surface area is 253 Å². The van der Waals surface area contributed by atoms with Crippen LogP contribution in [0.15, 0.2) is 59.6 Å². The molecule has 0 radical (unpaired) electrons. The lowest BCUT2D eigenvalue weighted by molar-refractivity contribution is -0.155. The van der Waals surface area contributed by atoms with E-state index in [1.165, 1.54) is 0 Å². The van der Waals surface area contributed by atoms with Crippen molar-refractivity contribution in [1.29, 1.82) is 0 Å². The predicted molar refractivity (Wildman–Crippen MR) is 162 cm³/mol. The molecule has 2 atom stereocenters. The zero-order valence-corrected chi connectivity index (χ0v) is 25.4. The number of hydrogen-bond donors (Lipinski definition) is 4. The van der Waals surface area contributed by atoms with Gasteiger partial charge in [0.25, 0.3) is 5.91 Å². The van der Waals surface area contributed by atoms with E-state index in [4.69, 9.17) is 24.3 Å². The summed E-state index contributed by atoms with van der Waals surface area (Å²) in [5, 5.41) is 20.0. The second-order valence-electron chi connectivity index (χ2n) is 12.4. The van der Waals surface area contributed by atoms with Gasteiger partial charge in [0.2, 0.25) is 5.90 Å². The van der Waals surface area contributed by atoms with Crippen molar-refractivity contribution >= 4 is 17.8 Å². The van der Waals surface area contributed by atoms with Gasteiger partial charge < -0.3 is 24.4 Å². The minimum Gasteiger partial charge on any atom is -0.494 e. The highest BCUT2D eigenvalue weighted by molar-refractivity contribution is 6.01. The van der Waals surface area contributed by atoms with Gasteiger partial charge in [-0.2, -0.15) is 0 Å². The zero-order chi connectivity index (χ0) is 30.9. The molecular formula is C33H45N3O7. The van der Waals surface area contributed by atoms with Crippen molar-refractivity contribution in [2.45, 2.75) is 95.0 Å². The molecule has 4 N–H and O–H groups in total. The molecule has 4 rings (SSSR count). The van der Waals surface area contributed by atoms with Gasteiger partial charge in [0.15, 0.2) is 11.6 Å². The number of nitrogens with one attached hydrogen (secondary N) is 2. The van der Waals surface area contributed by atoms with Crippen molar-refractivity contribution in [2.24, 2.45) is 4.99 Å². The molecule has 1 heterocycles. The molecule has 0 unspecified atom stereocenters. The van der Waals surface area contributed by atoms with E-state index in [-0.39, 0.29) is 31.9 Å². The van der Waals surface area contributed by atoms with Gasteiger partial charge in [0, 0.05) is 31.6 Å². The number of nitrogens with zero attached hydrogens (tertiary/aromatic N) is 1. The van der Waals surface area contributed by atoms with Crippen LogP contribution in [0, 0.1) is 0 Å². The van der Waals surface area contributed by atoms with Crippen molar-refractivity contribution in [1.82, 2.24) is 10.9 Å². The number of benzene rings is 2. The first-order valence-corrected chi connectivity index (χ1v) is 15.2. The monoisotopic (exact) mass is 595 g/mol. The van der Waals surface area contributed by atoms with E-state index in [0.717, 1.165) is 24.8 Å². The van der Waals surface area contributed by atoms with Gasteiger partial charge in [-0.05, 0) is 69.9 Å². The van der Waals surface area contributed by atoms with E-state index in [2.05, 4.69) is 10.9 Å². The normalized spacial score (nSPS) is 21.4. The molecule has 2 aromatic rings. The van der Waals surface area contributed by atoms with Crippen molar-refractivity contribution in [3.05, 3.63) is 65.7 Å². The van der Waals surface area contributed by atoms with E-state index in [0.29, 0.717) is 37.2 Å². The Morgan fingerprint density at radius 3 is 2.40 bits per heavy atom. The molecule has 2 aromatic carbocycles. The number of esters is 1. The minimum atomic E-state index is -1.51. The summed E-state index contributed by atoms with van der Waals surface area (Å²) in [5.74, 6) is -0.0116. The number of aliphatic hydroxyl groups excluding tert-OH is 1. The van der Waals surface area contributed by atoms with Crippen LogP contribution in [0.4, 0.5) is 0 Å². The second-order valence-corrected chi connectivity index (χ2v) is 12.4. The fourth-order valence-corrected chi connectivity index (χ4v) is 5.47. The molecule has 1 aliphatic heterocycles. The number of hydrazine groups is 1. The average molecular weight is 596 g/mol. The Morgan fingerprint density at radius 2 is 1.74 bits per heavy atom. The van der Waals surface area contributed by atoms with Crippen molar-refractivity contribution in [3.8, 4) is 5.75 Å². The smallest absolute Gasteiger partial charge is 0.306 e. The third-order valence-corrected chi connectivity index (χ3v) is 7.67. The number of hydrogen-bond acceptors (Lipinski definition) is 9. The lowest BCUT2D eigenvalue weighted by Crippen LogP contribution is -2.56. The molecule has 1 fully saturated rings. The first-order chi connectivity index (χ1) is 20.5. The van der Waals surface area contributed by atoms with Gasteiger partial charge in [-0.25, -0.2) is 10.4 Å². The fraction of sp³-hybridized carbons (Fsp3) is 0.545. The first kappa shape index (κ1) is 32.4. The van der Waals surface area contributed by atoms with E-state index in [9.17, 15) is 14.7 Å². The highest BCUT2D eigenvalue weighted by Crippen LogP contribution is 2.43. The Bertz CT molecular complexity index is 1240. The highest BCUT2D eigenvalue weighted by atomic mass is 16.6. The summed E-state index contributed by atoms with van der Waals surface area (Å²) >= 11 is 0. The Morgan fingerprint density at radius 1 is 1.05 bits per heavy atom. The molecule has 1 aliphatic carbocycles. The van der Waals surface area contributed by atoms with Crippen molar-refractivity contribution in [3.63, 3.8) is 0 Å². The van der Waals surface area contributed by atoms with Crippen LogP contribution < -0.4 is 15.6 Å². The summed E-state index contributed by atoms with van der Waals surface area (Å²) in [6, 6.07) is 16.5. The van der Waals surface area contributed by atoms with Crippen LogP contribution in [0.3, 0.4) is 0 Å². The van der Waals surface area contributed by atoms with Gasteiger partial charge in [-0.3, -0.25) is 15.0 Å². The molecule has 2 aliphatic rings. The third kappa shape index (κ3) is 8.78. The van der Waals surface area contributed by atoms with Crippen LogP contribution in [0.1, 0.15) is 89.4 Å². The Kier molecular flexibility index (Phi) is 10.8. The Hall–Kier alpha value is -3.47. The maximum atomic E-state index is 14.1. The minimum absolute atomic E-state index is 0.0328. The number of carbonyl (C=O) groups is 2. The van der Waals surface area contributed by atoms with Crippen LogP contribution in [0.25, 0.3) is 0 Å². The Balaban J connectivity index is 1.64. The van der Waals surface area contributed by atoms with Crippen LogP contribution in [-0.2, 0) is 19.1 Å². The van der Waals surface area contributed by atoms with E-state index >= 15 is 0 Å². The predicted octanol–water partition coefficient (Wildman–Crippen LogP) is 4.14. The molecule has 1 amide bonds. The summed E-state index contributed by atoms with van der Waals surface area (Å²) in [6.45, 7) is 6.03. The number of carbonyl (C=O) groups excluding carboxylic acids is 2.